The SMILES string of the molecule is COc1ccc(-n2c(C)nnc2SCC(=O)N(C(C)C)C2CC2)cc1. The van der Waals surface area contributed by atoms with E-state index in [-0.39, 0.29) is 11.9 Å². The molecule has 1 aliphatic carbocycles. The molecule has 1 aromatic heterocycles. The lowest BCUT2D eigenvalue weighted by atomic mass is 10.3. The van der Waals surface area contributed by atoms with E-state index in [1.165, 1.54) is 11.8 Å². The molecule has 1 heterocycles. The van der Waals surface area contributed by atoms with Crippen LogP contribution in [0, 0.1) is 6.92 Å². The van der Waals surface area contributed by atoms with Gasteiger partial charge < -0.3 is 9.64 Å². The van der Waals surface area contributed by atoms with Crippen molar-refractivity contribution in [3.8, 4) is 11.4 Å². The minimum Gasteiger partial charge on any atom is -0.497 e. The first kappa shape index (κ1) is 17.8. The number of carbonyl (C=O) groups is 1. The standard InChI is InChI=1S/C18H24N4O2S/c1-12(2)21(14-5-6-14)17(23)11-25-18-20-19-13(3)22(18)15-7-9-16(24-4)10-8-15/h7-10,12,14H,5-6,11H2,1-4H3. The third-order valence-corrected chi connectivity index (χ3v) is 5.15. The van der Waals surface area contributed by atoms with Crippen LogP contribution in [0.15, 0.2) is 29.4 Å². The molecular weight excluding hydrogens is 336 g/mol. The van der Waals surface area contributed by atoms with Crippen molar-refractivity contribution in [1.82, 2.24) is 19.7 Å². The normalized spacial score (nSPS) is 14.0. The zero-order valence-electron chi connectivity index (χ0n) is 15.1. The highest BCUT2D eigenvalue weighted by Gasteiger charge is 2.34. The van der Waals surface area contributed by atoms with E-state index < -0.39 is 0 Å². The van der Waals surface area contributed by atoms with Crippen molar-refractivity contribution in [2.75, 3.05) is 12.9 Å². The summed E-state index contributed by atoms with van der Waals surface area (Å²) in [7, 11) is 1.65. The first-order valence-corrected chi connectivity index (χ1v) is 9.50. The van der Waals surface area contributed by atoms with Crippen molar-refractivity contribution in [2.24, 2.45) is 0 Å². The van der Waals surface area contributed by atoms with E-state index >= 15 is 0 Å². The Morgan fingerprint density at radius 3 is 2.56 bits per heavy atom. The minimum absolute atomic E-state index is 0.171. The summed E-state index contributed by atoms with van der Waals surface area (Å²) in [6.07, 6.45) is 2.24. The molecule has 3 rings (SSSR count). The van der Waals surface area contributed by atoms with Crippen LogP contribution in [0.25, 0.3) is 5.69 Å². The van der Waals surface area contributed by atoms with Gasteiger partial charge in [0, 0.05) is 17.8 Å². The number of thioether (sulfide) groups is 1. The molecule has 1 aliphatic rings. The molecule has 1 aromatic carbocycles. The molecule has 134 valence electrons. The van der Waals surface area contributed by atoms with Crippen molar-refractivity contribution in [3.05, 3.63) is 30.1 Å². The number of amides is 1. The van der Waals surface area contributed by atoms with Gasteiger partial charge >= 0.3 is 0 Å². The molecule has 0 radical (unpaired) electrons. The molecule has 7 heteroatoms. The van der Waals surface area contributed by atoms with Gasteiger partial charge in [-0.2, -0.15) is 0 Å². The van der Waals surface area contributed by atoms with E-state index in [0.717, 1.165) is 35.3 Å². The van der Waals surface area contributed by atoms with Gasteiger partial charge in [0.2, 0.25) is 5.91 Å². The van der Waals surface area contributed by atoms with Gasteiger partial charge in [-0.1, -0.05) is 11.8 Å². The number of aromatic nitrogens is 3. The van der Waals surface area contributed by atoms with Crippen LogP contribution >= 0.6 is 11.8 Å². The lowest BCUT2D eigenvalue weighted by Crippen LogP contribution is -2.39. The number of carbonyl (C=O) groups excluding carboxylic acids is 1. The zero-order chi connectivity index (χ0) is 18.0. The van der Waals surface area contributed by atoms with Crippen molar-refractivity contribution >= 4 is 17.7 Å². The second kappa shape index (κ2) is 7.47. The first-order valence-electron chi connectivity index (χ1n) is 8.51. The van der Waals surface area contributed by atoms with Gasteiger partial charge in [-0.15, -0.1) is 10.2 Å². The van der Waals surface area contributed by atoms with E-state index in [4.69, 9.17) is 4.74 Å². The Kier molecular flexibility index (Phi) is 5.32. The van der Waals surface area contributed by atoms with Crippen molar-refractivity contribution in [3.63, 3.8) is 0 Å². The average Bonchev–Trinajstić information content (AvgIpc) is 3.35. The average molecular weight is 360 g/mol. The molecule has 0 N–H and O–H groups in total. The van der Waals surface area contributed by atoms with Gasteiger partial charge in [-0.25, -0.2) is 0 Å². The highest BCUT2D eigenvalue weighted by atomic mass is 32.2. The maximum atomic E-state index is 12.6. The number of methoxy groups -OCH3 is 1. The monoisotopic (exact) mass is 360 g/mol. The summed E-state index contributed by atoms with van der Waals surface area (Å²) in [5, 5.41) is 9.15. The molecule has 0 unspecified atom stereocenters. The predicted octanol–water partition coefficient (Wildman–Crippen LogP) is 3.08. The molecule has 25 heavy (non-hydrogen) atoms. The molecule has 6 nitrogen and oxygen atoms in total. The fraction of sp³-hybridized carbons (Fsp3) is 0.500. The van der Waals surface area contributed by atoms with Gasteiger partial charge in [0.15, 0.2) is 5.16 Å². The van der Waals surface area contributed by atoms with Crippen molar-refractivity contribution in [2.45, 2.75) is 50.9 Å². The van der Waals surface area contributed by atoms with Crippen LogP contribution in [0.1, 0.15) is 32.5 Å². The molecule has 0 atom stereocenters. The number of aryl methyl sites for hydroxylation is 1. The molecule has 1 fully saturated rings. The molecule has 0 bridgehead atoms. The van der Waals surface area contributed by atoms with Gasteiger partial charge in [0.25, 0.3) is 0 Å². The maximum Gasteiger partial charge on any atom is 0.233 e. The lowest BCUT2D eigenvalue weighted by molar-refractivity contribution is -0.130. The Labute approximate surface area is 152 Å². The lowest BCUT2D eigenvalue weighted by Gasteiger charge is -2.26. The molecular formula is C18H24N4O2S. The Hall–Kier alpha value is -2.02. The second-order valence-electron chi connectivity index (χ2n) is 6.48. The third kappa shape index (κ3) is 3.98. The van der Waals surface area contributed by atoms with Crippen molar-refractivity contribution in [1.29, 1.82) is 0 Å². The quantitative estimate of drug-likeness (QED) is 0.710. The largest absolute Gasteiger partial charge is 0.497 e. The Bertz CT molecular complexity index is 736. The zero-order valence-corrected chi connectivity index (χ0v) is 15.9. The van der Waals surface area contributed by atoms with E-state index in [9.17, 15) is 4.79 Å². The number of hydrogen-bond acceptors (Lipinski definition) is 5. The van der Waals surface area contributed by atoms with Crippen LogP contribution in [-0.2, 0) is 4.79 Å². The summed E-state index contributed by atoms with van der Waals surface area (Å²) in [6.45, 7) is 6.06. The summed E-state index contributed by atoms with van der Waals surface area (Å²) in [5.41, 5.74) is 0.959. The van der Waals surface area contributed by atoms with E-state index in [1.54, 1.807) is 7.11 Å². The Balaban J connectivity index is 1.74. The van der Waals surface area contributed by atoms with Gasteiger partial charge in [-0.3, -0.25) is 9.36 Å². The number of benzene rings is 1. The molecule has 2 aromatic rings. The summed E-state index contributed by atoms with van der Waals surface area (Å²) in [5.74, 6) is 2.14. The summed E-state index contributed by atoms with van der Waals surface area (Å²) in [6, 6.07) is 8.40. The highest BCUT2D eigenvalue weighted by molar-refractivity contribution is 7.99. The number of nitrogens with zero attached hydrogens (tertiary/aromatic N) is 4. The van der Waals surface area contributed by atoms with Crippen LogP contribution in [0.2, 0.25) is 0 Å². The molecule has 0 spiro atoms. The van der Waals surface area contributed by atoms with Crippen molar-refractivity contribution < 1.29 is 9.53 Å². The fourth-order valence-corrected chi connectivity index (χ4v) is 3.80. The Morgan fingerprint density at radius 2 is 2.00 bits per heavy atom. The van der Waals surface area contributed by atoms with Crippen LogP contribution in [-0.4, -0.2) is 50.5 Å². The smallest absolute Gasteiger partial charge is 0.233 e. The summed E-state index contributed by atoms with van der Waals surface area (Å²) < 4.78 is 7.17. The topological polar surface area (TPSA) is 60.2 Å². The van der Waals surface area contributed by atoms with Gasteiger partial charge in [0.1, 0.15) is 11.6 Å². The molecule has 0 saturated heterocycles. The molecule has 0 aliphatic heterocycles. The maximum absolute atomic E-state index is 12.6. The second-order valence-corrected chi connectivity index (χ2v) is 7.42. The van der Waals surface area contributed by atoms with Gasteiger partial charge in [-0.05, 0) is 57.9 Å². The minimum atomic E-state index is 0.171. The van der Waals surface area contributed by atoms with E-state index in [0.29, 0.717) is 11.8 Å². The predicted molar refractivity (Wildman–Crippen MR) is 98.4 cm³/mol. The Morgan fingerprint density at radius 1 is 1.32 bits per heavy atom. The van der Waals surface area contributed by atoms with Crippen LogP contribution in [0.4, 0.5) is 0 Å². The van der Waals surface area contributed by atoms with Gasteiger partial charge in [0.05, 0.1) is 12.9 Å². The van der Waals surface area contributed by atoms with E-state index in [2.05, 4.69) is 24.0 Å². The highest BCUT2D eigenvalue weighted by Crippen LogP contribution is 2.30. The van der Waals surface area contributed by atoms with Crippen LogP contribution in [0.5, 0.6) is 5.75 Å². The van der Waals surface area contributed by atoms with E-state index in [1.807, 2.05) is 40.7 Å². The molecule has 1 saturated carbocycles. The number of hydrogen-bond donors (Lipinski definition) is 0. The fourth-order valence-electron chi connectivity index (χ4n) is 2.93. The van der Waals surface area contributed by atoms with Crippen LogP contribution < -0.4 is 4.74 Å². The first-order chi connectivity index (χ1) is 12.0. The van der Waals surface area contributed by atoms with Crippen LogP contribution in [0.3, 0.4) is 0 Å². The number of rotatable bonds is 7. The summed E-state index contributed by atoms with van der Waals surface area (Å²) in [4.78, 5) is 14.6. The molecule has 1 amide bonds. The summed E-state index contributed by atoms with van der Waals surface area (Å²) >= 11 is 1.44. The number of ether oxygens (including phenoxy) is 1. The third-order valence-electron chi connectivity index (χ3n) is 4.24.